The SMILES string of the molecule is CCOC(=O)CCCCCCCOCC(C)OC(C)CC.CCOC(=O)CCCCCCOCCCCCCOC(C)CC. The first-order chi connectivity index (χ1) is 21.3. The summed E-state index contributed by atoms with van der Waals surface area (Å²) in [7, 11) is 0. The van der Waals surface area contributed by atoms with Gasteiger partial charge in [-0.1, -0.05) is 58.8 Å². The molecule has 0 radical (unpaired) electrons. The summed E-state index contributed by atoms with van der Waals surface area (Å²) in [4.78, 5) is 22.3. The summed E-state index contributed by atoms with van der Waals surface area (Å²) >= 11 is 0. The molecule has 0 aromatic carbocycles. The minimum atomic E-state index is -0.0730. The Kier molecular flexibility index (Phi) is 37.0. The summed E-state index contributed by atoms with van der Waals surface area (Å²) in [5, 5.41) is 0. The van der Waals surface area contributed by atoms with Crippen molar-refractivity contribution in [3.63, 3.8) is 0 Å². The van der Waals surface area contributed by atoms with Crippen molar-refractivity contribution in [2.24, 2.45) is 0 Å². The van der Waals surface area contributed by atoms with Crippen LogP contribution in [0.5, 0.6) is 0 Å². The van der Waals surface area contributed by atoms with Gasteiger partial charge in [-0.2, -0.15) is 0 Å². The lowest BCUT2D eigenvalue weighted by Gasteiger charge is -2.17. The first kappa shape index (κ1) is 44.9. The largest absolute Gasteiger partial charge is 0.466 e. The third-order valence-electron chi connectivity index (χ3n) is 7.25. The Labute approximate surface area is 272 Å². The van der Waals surface area contributed by atoms with Crippen molar-refractivity contribution in [2.75, 3.05) is 46.2 Å². The molecule has 0 aromatic rings. The molecule has 0 saturated carbocycles. The van der Waals surface area contributed by atoms with Gasteiger partial charge in [0.15, 0.2) is 0 Å². The molecular formula is C36H72O8. The predicted octanol–water partition coefficient (Wildman–Crippen LogP) is 9.00. The van der Waals surface area contributed by atoms with Crippen molar-refractivity contribution in [1.82, 2.24) is 0 Å². The van der Waals surface area contributed by atoms with Crippen LogP contribution in [0.1, 0.15) is 158 Å². The van der Waals surface area contributed by atoms with Crippen LogP contribution < -0.4 is 0 Å². The minimum absolute atomic E-state index is 0.0710. The Morgan fingerprint density at radius 2 is 0.886 bits per heavy atom. The van der Waals surface area contributed by atoms with Gasteiger partial charge in [-0.05, 0) is 86.0 Å². The van der Waals surface area contributed by atoms with Crippen LogP contribution >= 0.6 is 0 Å². The molecule has 3 atom stereocenters. The van der Waals surface area contributed by atoms with Crippen LogP contribution in [0.25, 0.3) is 0 Å². The van der Waals surface area contributed by atoms with Crippen molar-refractivity contribution >= 4 is 11.9 Å². The maximum Gasteiger partial charge on any atom is 0.305 e. The second kappa shape index (κ2) is 36.3. The number of unbranched alkanes of at least 4 members (excludes halogenated alkanes) is 10. The molecule has 3 unspecified atom stereocenters. The van der Waals surface area contributed by atoms with E-state index in [9.17, 15) is 9.59 Å². The molecule has 0 N–H and O–H groups in total. The third-order valence-corrected chi connectivity index (χ3v) is 7.25. The minimum Gasteiger partial charge on any atom is -0.466 e. The third kappa shape index (κ3) is 37.0. The number of carbonyl (C=O) groups is 2. The van der Waals surface area contributed by atoms with E-state index in [2.05, 4.69) is 34.6 Å². The van der Waals surface area contributed by atoms with Gasteiger partial charge in [-0.25, -0.2) is 0 Å². The molecule has 0 aliphatic rings. The fourth-order valence-corrected chi connectivity index (χ4v) is 4.24. The zero-order valence-corrected chi connectivity index (χ0v) is 30.0. The van der Waals surface area contributed by atoms with Gasteiger partial charge in [-0.15, -0.1) is 0 Å². The zero-order chi connectivity index (χ0) is 33.1. The lowest BCUT2D eigenvalue weighted by molar-refractivity contribution is -0.144. The van der Waals surface area contributed by atoms with Crippen LogP contribution in [0.3, 0.4) is 0 Å². The molecule has 0 saturated heterocycles. The molecule has 0 rings (SSSR count). The van der Waals surface area contributed by atoms with Gasteiger partial charge in [-0.3, -0.25) is 9.59 Å². The fourth-order valence-electron chi connectivity index (χ4n) is 4.24. The van der Waals surface area contributed by atoms with E-state index in [1.54, 1.807) is 0 Å². The molecular weight excluding hydrogens is 560 g/mol. The molecule has 0 fully saturated rings. The highest BCUT2D eigenvalue weighted by Crippen LogP contribution is 2.08. The summed E-state index contributed by atoms with van der Waals surface area (Å²) in [5.74, 6) is -0.144. The number of hydrogen-bond donors (Lipinski definition) is 0. The van der Waals surface area contributed by atoms with Crippen LogP contribution in [-0.2, 0) is 38.0 Å². The highest BCUT2D eigenvalue weighted by atomic mass is 16.5. The van der Waals surface area contributed by atoms with E-state index in [4.69, 9.17) is 28.4 Å². The lowest BCUT2D eigenvalue weighted by atomic mass is 10.1. The van der Waals surface area contributed by atoms with Crippen molar-refractivity contribution < 1.29 is 38.0 Å². The van der Waals surface area contributed by atoms with E-state index >= 15 is 0 Å². The standard InChI is InChI=1S/C19H38O4.C17H34O4/c1-4-18(3)23-17-13-9-8-12-16-21-15-11-7-6-10-14-19(20)22-5-2;1-5-15(3)21-16(4)14-19-13-11-9-7-8-10-12-17(18)20-6-2/h18H,4-17H2,1-3H3;15-16H,5-14H2,1-4H3. The van der Waals surface area contributed by atoms with E-state index < -0.39 is 0 Å². The maximum absolute atomic E-state index is 11.1. The molecule has 44 heavy (non-hydrogen) atoms. The Balaban J connectivity index is 0. The van der Waals surface area contributed by atoms with Crippen LogP contribution in [0, 0.1) is 0 Å². The molecule has 0 aromatic heterocycles. The Morgan fingerprint density at radius 3 is 1.34 bits per heavy atom. The van der Waals surface area contributed by atoms with Crippen LogP contribution in [0.4, 0.5) is 0 Å². The summed E-state index contributed by atoms with van der Waals surface area (Å²) < 4.78 is 32.4. The fraction of sp³-hybridized carbons (Fsp3) is 0.944. The first-order valence-electron chi connectivity index (χ1n) is 18.0. The van der Waals surface area contributed by atoms with Crippen molar-refractivity contribution in [2.45, 2.75) is 176 Å². The number of ether oxygens (including phenoxy) is 6. The summed E-state index contributed by atoms with van der Waals surface area (Å²) in [6.45, 7) is 19.3. The topological polar surface area (TPSA) is 89.5 Å². The molecule has 0 aliphatic heterocycles. The van der Waals surface area contributed by atoms with E-state index in [1.165, 1.54) is 12.8 Å². The maximum atomic E-state index is 11.1. The second-order valence-corrected chi connectivity index (χ2v) is 11.6. The van der Waals surface area contributed by atoms with Crippen molar-refractivity contribution in [3.8, 4) is 0 Å². The first-order valence-corrected chi connectivity index (χ1v) is 18.0. The van der Waals surface area contributed by atoms with E-state index in [0.717, 1.165) is 110 Å². The van der Waals surface area contributed by atoms with Gasteiger partial charge < -0.3 is 28.4 Å². The van der Waals surface area contributed by atoms with Gasteiger partial charge in [0.2, 0.25) is 0 Å². The number of hydrogen-bond acceptors (Lipinski definition) is 8. The number of rotatable bonds is 31. The summed E-state index contributed by atoms with van der Waals surface area (Å²) in [5.41, 5.74) is 0. The smallest absolute Gasteiger partial charge is 0.305 e. The van der Waals surface area contributed by atoms with Gasteiger partial charge >= 0.3 is 11.9 Å². The van der Waals surface area contributed by atoms with E-state index in [0.29, 0.717) is 44.9 Å². The quantitative estimate of drug-likeness (QED) is 0.0553. The Hall–Kier alpha value is -1.22. The molecule has 8 nitrogen and oxygen atoms in total. The molecule has 0 heterocycles. The highest BCUT2D eigenvalue weighted by molar-refractivity contribution is 5.69. The number of carbonyl (C=O) groups excluding carboxylic acids is 2. The predicted molar refractivity (Wildman–Crippen MR) is 180 cm³/mol. The summed E-state index contributed by atoms with van der Waals surface area (Å²) in [6.07, 6.45) is 18.5. The summed E-state index contributed by atoms with van der Waals surface area (Å²) in [6, 6.07) is 0. The Bertz CT molecular complexity index is 601. The van der Waals surface area contributed by atoms with Crippen LogP contribution in [0.2, 0.25) is 0 Å². The average Bonchev–Trinajstić information content (AvgIpc) is 3.00. The molecule has 264 valence electrons. The second-order valence-electron chi connectivity index (χ2n) is 11.6. The van der Waals surface area contributed by atoms with E-state index in [1.807, 2.05) is 13.8 Å². The van der Waals surface area contributed by atoms with Crippen molar-refractivity contribution in [1.29, 1.82) is 0 Å². The normalized spacial score (nSPS) is 13.1. The molecule has 0 spiro atoms. The van der Waals surface area contributed by atoms with Crippen molar-refractivity contribution in [3.05, 3.63) is 0 Å². The molecule has 8 heteroatoms. The number of esters is 2. The monoisotopic (exact) mass is 633 g/mol. The van der Waals surface area contributed by atoms with E-state index in [-0.39, 0.29) is 18.0 Å². The average molecular weight is 633 g/mol. The zero-order valence-electron chi connectivity index (χ0n) is 30.0. The van der Waals surface area contributed by atoms with Gasteiger partial charge in [0.05, 0.1) is 38.1 Å². The van der Waals surface area contributed by atoms with Crippen LogP contribution in [0.15, 0.2) is 0 Å². The molecule has 0 aliphatic carbocycles. The van der Waals surface area contributed by atoms with Crippen LogP contribution in [-0.4, -0.2) is 76.5 Å². The highest BCUT2D eigenvalue weighted by Gasteiger charge is 2.07. The molecule has 0 amide bonds. The Morgan fingerprint density at radius 1 is 0.477 bits per heavy atom. The lowest BCUT2D eigenvalue weighted by Crippen LogP contribution is -2.21. The van der Waals surface area contributed by atoms with Gasteiger partial charge in [0, 0.05) is 39.3 Å². The van der Waals surface area contributed by atoms with Gasteiger partial charge in [0.1, 0.15) is 0 Å². The van der Waals surface area contributed by atoms with Gasteiger partial charge in [0.25, 0.3) is 0 Å². The molecule has 0 bridgehead atoms.